The number of aromatic nitrogens is 1. The second kappa shape index (κ2) is 5.60. The number of nitrogens with zero attached hydrogens (tertiary/aromatic N) is 1. The topological polar surface area (TPSA) is 48.1 Å². The van der Waals surface area contributed by atoms with E-state index in [1.165, 1.54) is 12.1 Å². The highest BCUT2D eigenvalue weighted by Crippen LogP contribution is 2.22. The zero-order valence-corrected chi connectivity index (χ0v) is 10.1. The van der Waals surface area contributed by atoms with Gasteiger partial charge in [0.1, 0.15) is 17.3 Å². The molecule has 1 atom stereocenters. The van der Waals surface area contributed by atoms with Crippen molar-refractivity contribution in [1.29, 1.82) is 0 Å². The number of ether oxygens (including phenoxy) is 1. The van der Waals surface area contributed by atoms with E-state index in [4.69, 9.17) is 10.5 Å². The summed E-state index contributed by atoms with van der Waals surface area (Å²) in [5.74, 6) is 0.682. The summed E-state index contributed by atoms with van der Waals surface area (Å²) in [5, 5.41) is 0. The summed E-state index contributed by atoms with van der Waals surface area (Å²) in [7, 11) is 0. The van der Waals surface area contributed by atoms with Crippen LogP contribution in [0.3, 0.4) is 0 Å². The third-order valence-corrected chi connectivity index (χ3v) is 2.61. The highest BCUT2D eigenvalue weighted by atomic mass is 19.1. The van der Waals surface area contributed by atoms with Crippen LogP contribution in [0.4, 0.5) is 4.39 Å². The number of hydrogen-bond acceptors (Lipinski definition) is 3. The molecule has 0 unspecified atom stereocenters. The maximum absolute atomic E-state index is 13.0. The highest BCUT2D eigenvalue weighted by Gasteiger charge is 2.05. The van der Waals surface area contributed by atoms with Crippen molar-refractivity contribution in [3.8, 4) is 11.5 Å². The molecule has 1 heterocycles. The van der Waals surface area contributed by atoms with Gasteiger partial charge in [0.15, 0.2) is 0 Å². The number of halogens is 1. The normalized spacial score (nSPS) is 12.2. The number of hydrogen-bond donors (Lipinski definition) is 1. The van der Waals surface area contributed by atoms with Crippen LogP contribution in [0.2, 0.25) is 0 Å². The average molecular weight is 246 g/mol. The molecule has 0 aliphatic heterocycles. The molecule has 94 valence electrons. The van der Waals surface area contributed by atoms with Gasteiger partial charge in [-0.15, -0.1) is 0 Å². The van der Waals surface area contributed by atoms with Gasteiger partial charge in [-0.05, 0) is 30.7 Å². The molecular formula is C14H15FN2O. The zero-order valence-electron chi connectivity index (χ0n) is 10.1. The largest absolute Gasteiger partial charge is 0.456 e. The van der Waals surface area contributed by atoms with Crippen LogP contribution in [-0.2, 0) is 0 Å². The Morgan fingerprint density at radius 1 is 1.28 bits per heavy atom. The SMILES string of the molecule is CC[C@@H](N)c1ccc(Oc2cccc(F)c2)cn1. The van der Waals surface area contributed by atoms with Gasteiger partial charge in [-0.3, -0.25) is 4.98 Å². The van der Waals surface area contributed by atoms with Gasteiger partial charge in [0.25, 0.3) is 0 Å². The van der Waals surface area contributed by atoms with Crippen molar-refractivity contribution in [2.75, 3.05) is 0 Å². The molecule has 0 bridgehead atoms. The minimum absolute atomic E-state index is 0.0618. The van der Waals surface area contributed by atoms with E-state index >= 15 is 0 Å². The molecule has 0 amide bonds. The molecule has 1 aromatic heterocycles. The van der Waals surface area contributed by atoms with Gasteiger partial charge in [-0.25, -0.2) is 4.39 Å². The minimum atomic E-state index is -0.329. The summed E-state index contributed by atoms with van der Waals surface area (Å²) in [5.41, 5.74) is 6.69. The number of benzene rings is 1. The van der Waals surface area contributed by atoms with E-state index in [9.17, 15) is 4.39 Å². The molecule has 0 saturated carbocycles. The Hall–Kier alpha value is -1.94. The minimum Gasteiger partial charge on any atom is -0.456 e. The van der Waals surface area contributed by atoms with Gasteiger partial charge in [-0.1, -0.05) is 13.0 Å². The first kappa shape index (κ1) is 12.5. The van der Waals surface area contributed by atoms with E-state index in [1.54, 1.807) is 24.4 Å². The van der Waals surface area contributed by atoms with Crippen molar-refractivity contribution < 1.29 is 9.13 Å². The van der Waals surface area contributed by atoms with Crippen LogP contribution in [0.5, 0.6) is 11.5 Å². The van der Waals surface area contributed by atoms with Crippen molar-refractivity contribution in [3.05, 3.63) is 54.1 Å². The predicted molar refractivity (Wildman–Crippen MR) is 67.9 cm³/mol. The molecule has 1 aromatic carbocycles. The molecule has 0 fully saturated rings. The lowest BCUT2D eigenvalue weighted by Crippen LogP contribution is -2.10. The summed E-state index contributed by atoms with van der Waals surface area (Å²) >= 11 is 0. The maximum Gasteiger partial charge on any atom is 0.145 e. The molecular weight excluding hydrogens is 231 g/mol. The summed E-state index contributed by atoms with van der Waals surface area (Å²) in [6.45, 7) is 2.00. The van der Waals surface area contributed by atoms with E-state index in [0.29, 0.717) is 11.5 Å². The number of nitrogens with two attached hydrogens (primary N) is 1. The fourth-order valence-corrected chi connectivity index (χ4v) is 1.55. The first-order valence-electron chi connectivity index (χ1n) is 5.84. The second-order valence-corrected chi connectivity index (χ2v) is 3.99. The van der Waals surface area contributed by atoms with Crippen molar-refractivity contribution in [2.24, 2.45) is 5.73 Å². The molecule has 4 heteroatoms. The van der Waals surface area contributed by atoms with Gasteiger partial charge in [0.05, 0.1) is 11.9 Å². The van der Waals surface area contributed by atoms with Gasteiger partial charge < -0.3 is 10.5 Å². The average Bonchev–Trinajstić information content (AvgIpc) is 2.39. The van der Waals surface area contributed by atoms with Crippen molar-refractivity contribution >= 4 is 0 Å². The Bertz CT molecular complexity index is 513. The Morgan fingerprint density at radius 2 is 2.11 bits per heavy atom. The molecule has 2 aromatic rings. The monoisotopic (exact) mass is 246 g/mol. The van der Waals surface area contributed by atoms with Gasteiger partial charge in [-0.2, -0.15) is 0 Å². The summed E-state index contributed by atoms with van der Waals surface area (Å²) < 4.78 is 18.5. The van der Waals surface area contributed by atoms with Crippen LogP contribution < -0.4 is 10.5 Å². The van der Waals surface area contributed by atoms with Crippen LogP contribution in [-0.4, -0.2) is 4.98 Å². The maximum atomic E-state index is 13.0. The predicted octanol–water partition coefficient (Wildman–Crippen LogP) is 3.42. The van der Waals surface area contributed by atoms with Crippen LogP contribution >= 0.6 is 0 Å². The van der Waals surface area contributed by atoms with Gasteiger partial charge >= 0.3 is 0 Å². The second-order valence-electron chi connectivity index (χ2n) is 3.99. The lowest BCUT2D eigenvalue weighted by Gasteiger charge is -2.09. The van der Waals surface area contributed by atoms with Crippen LogP contribution in [0.25, 0.3) is 0 Å². The molecule has 0 saturated heterocycles. The van der Waals surface area contributed by atoms with E-state index in [2.05, 4.69) is 4.98 Å². The van der Waals surface area contributed by atoms with Crippen molar-refractivity contribution in [1.82, 2.24) is 4.98 Å². The van der Waals surface area contributed by atoms with E-state index in [1.807, 2.05) is 13.0 Å². The summed E-state index contributed by atoms with van der Waals surface area (Å²) in [4.78, 5) is 4.22. The van der Waals surface area contributed by atoms with Crippen LogP contribution in [0.1, 0.15) is 25.1 Å². The molecule has 2 rings (SSSR count). The number of rotatable bonds is 4. The lowest BCUT2D eigenvalue weighted by molar-refractivity contribution is 0.473. The molecule has 18 heavy (non-hydrogen) atoms. The standard InChI is InChI=1S/C14H15FN2O/c1-2-13(16)14-7-6-12(9-17-14)18-11-5-3-4-10(15)8-11/h3-9,13H,2,16H2,1H3/t13-/m1/s1. The Kier molecular flexibility index (Phi) is 3.89. The van der Waals surface area contributed by atoms with E-state index in [0.717, 1.165) is 12.1 Å². The molecule has 0 spiro atoms. The van der Waals surface area contributed by atoms with E-state index in [-0.39, 0.29) is 11.9 Å². The fraction of sp³-hybridized carbons (Fsp3) is 0.214. The Balaban J connectivity index is 2.11. The van der Waals surface area contributed by atoms with Crippen molar-refractivity contribution in [2.45, 2.75) is 19.4 Å². The lowest BCUT2D eigenvalue weighted by atomic mass is 10.1. The highest BCUT2D eigenvalue weighted by molar-refractivity contribution is 5.30. The third-order valence-electron chi connectivity index (χ3n) is 2.61. The Morgan fingerprint density at radius 3 is 2.72 bits per heavy atom. The fourth-order valence-electron chi connectivity index (χ4n) is 1.55. The zero-order chi connectivity index (χ0) is 13.0. The summed E-state index contributed by atoms with van der Waals surface area (Å²) in [6, 6.07) is 9.52. The molecule has 0 aliphatic rings. The molecule has 0 radical (unpaired) electrons. The first-order valence-corrected chi connectivity index (χ1v) is 5.84. The van der Waals surface area contributed by atoms with Gasteiger partial charge in [0, 0.05) is 12.1 Å². The number of pyridine rings is 1. The molecule has 2 N–H and O–H groups in total. The summed E-state index contributed by atoms with van der Waals surface area (Å²) in [6.07, 6.45) is 2.42. The molecule has 0 aliphatic carbocycles. The Labute approximate surface area is 105 Å². The quantitative estimate of drug-likeness (QED) is 0.899. The van der Waals surface area contributed by atoms with Crippen LogP contribution in [0.15, 0.2) is 42.6 Å². The smallest absolute Gasteiger partial charge is 0.145 e. The van der Waals surface area contributed by atoms with E-state index < -0.39 is 0 Å². The van der Waals surface area contributed by atoms with Gasteiger partial charge in [0.2, 0.25) is 0 Å². The molecule has 3 nitrogen and oxygen atoms in total. The third kappa shape index (κ3) is 3.05. The first-order chi connectivity index (χ1) is 8.69. The van der Waals surface area contributed by atoms with Crippen LogP contribution in [0, 0.1) is 5.82 Å². The van der Waals surface area contributed by atoms with Crippen molar-refractivity contribution in [3.63, 3.8) is 0 Å².